The van der Waals surface area contributed by atoms with Gasteiger partial charge in [-0.05, 0) is 12.1 Å². The molecule has 0 saturated heterocycles. The molecular formula is C10H8BrN3O. The molecule has 4 nitrogen and oxygen atoms in total. The minimum absolute atomic E-state index is 0.123. The molecule has 1 heterocycles. The molecule has 0 aliphatic rings. The first kappa shape index (κ1) is 9.92. The number of rotatable bonds is 1. The van der Waals surface area contributed by atoms with Gasteiger partial charge in [0.25, 0.3) is 5.56 Å². The molecule has 76 valence electrons. The van der Waals surface area contributed by atoms with Crippen LogP contribution < -0.4 is 11.3 Å². The van der Waals surface area contributed by atoms with Crippen LogP contribution in [0.1, 0.15) is 0 Å². The number of halogens is 1. The van der Waals surface area contributed by atoms with Gasteiger partial charge < -0.3 is 5.73 Å². The molecule has 0 aliphatic carbocycles. The smallest absolute Gasteiger partial charge is 0.252 e. The van der Waals surface area contributed by atoms with Crippen LogP contribution in [-0.4, -0.2) is 9.97 Å². The van der Waals surface area contributed by atoms with E-state index in [4.69, 9.17) is 5.73 Å². The molecule has 1 aromatic carbocycles. The van der Waals surface area contributed by atoms with Gasteiger partial charge in [-0.15, -0.1) is 0 Å². The van der Waals surface area contributed by atoms with E-state index in [-0.39, 0.29) is 11.5 Å². The molecule has 2 aromatic rings. The largest absolute Gasteiger partial charge is 0.369 e. The maximum Gasteiger partial charge on any atom is 0.252 e. The molecular weight excluding hydrogens is 258 g/mol. The highest BCUT2D eigenvalue weighted by atomic mass is 79.9. The van der Waals surface area contributed by atoms with Crippen LogP contribution in [0.4, 0.5) is 5.95 Å². The van der Waals surface area contributed by atoms with E-state index in [1.807, 2.05) is 24.3 Å². The quantitative estimate of drug-likeness (QED) is 0.826. The third-order valence-corrected chi connectivity index (χ3v) is 2.37. The van der Waals surface area contributed by atoms with E-state index in [0.717, 1.165) is 10.0 Å². The van der Waals surface area contributed by atoms with Gasteiger partial charge >= 0.3 is 0 Å². The topological polar surface area (TPSA) is 71.8 Å². The van der Waals surface area contributed by atoms with Gasteiger partial charge in [0.05, 0.1) is 5.69 Å². The fourth-order valence-electron chi connectivity index (χ4n) is 1.27. The van der Waals surface area contributed by atoms with Crippen molar-refractivity contribution in [2.45, 2.75) is 0 Å². The second kappa shape index (κ2) is 3.86. The van der Waals surface area contributed by atoms with Gasteiger partial charge in [-0.25, -0.2) is 4.98 Å². The first-order chi connectivity index (χ1) is 7.15. The lowest BCUT2D eigenvalue weighted by Crippen LogP contribution is -2.10. The third kappa shape index (κ3) is 2.24. The highest BCUT2D eigenvalue weighted by Crippen LogP contribution is 2.20. The third-order valence-electron chi connectivity index (χ3n) is 1.88. The zero-order valence-corrected chi connectivity index (χ0v) is 9.28. The summed E-state index contributed by atoms with van der Waals surface area (Å²) in [6.07, 6.45) is 0. The van der Waals surface area contributed by atoms with Crippen molar-refractivity contribution < 1.29 is 0 Å². The van der Waals surface area contributed by atoms with Crippen molar-refractivity contribution in [3.8, 4) is 11.3 Å². The van der Waals surface area contributed by atoms with Gasteiger partial charge in [0.2, 0.25) is 5.95 Å². The Morgan fingerprint density at radius 1 is 1.33 bits per heavy atom. The molecule has 0 amide bonds. The molecule has 0 saturated carbocycles. The summed E-state index contributed by atoms with van der Waals surface area (Å²) in [6.45, 7) is 0. The summed E-state index contributed by atoms with van der Waals surface area (Å²) in [7, 11) is 0. The zero-order chi connectivity index (χ0) is 10.8. The van der Waals surface area contributed by atoms with Gasteiger partial charge in [0.15, 0.2) is 0 Å². The van der Waals surface area contributed by atoms with Gasteiger partial charge in [-0.1, -0.05) is 28.1 Å². The van der Waals surface area contributed by atoms with Crippen molar-refractivity contribution in [1.82, 2.24) is 9.97 Å². The summed E-state index contributed by atoms with van der Waals surface area (Å²) in [6, 6.07) is 8.93. The van der Waals surface area contributed by atoms with Gasteiger partial charge in [0.1, 0.15) is 0 Å². The van der Waals surface area contributed by atoms with E-state index < -0.39 is 0 Å². The molecule has 2 rings (SSSR count). The monoisotopic (exact) mass is 265 g/mol. The molecule has 15 heavy (non-hydrogen) atoms. The number of nitrogens with zero attached hydrogens (tertiary/aromatic N) is 1. The van der Waals surface area contributed by atoms with Crippen molar-refractivity contribution in [1.29, 1.82) is 0 Å². The molecule has 0 radical (unpaired) electrons. The summed E-state index contributed by atoms with van der Waals surface area (Å²) in [5.74, 6) is 0.123. The molecule has 1 aromatic heterocycles. The highest BCUT2D eigenvalue weighted by molar-refractivity contribution is 9.10. The van der Waals surface area contributed by atoms with Gasteiger partial charge in [-0.2, -0.15) is 0 Å². The van der Waals surface area contributed by atoms with Crippen LogP contribution in [0.3, 0.4) is 0 Å². The minimum atomic E-state index is -0.252. The Hall–Kier alpha value is -1.62. The van der Waals surface area contributed by atoms with E-state index in [2.05, 4.69) is 25.9 Å². The maximum atomic E-state index is 11.2. The Bertz CT molecular complexity index is 550. The standard InChI is InChI=1S/C10H8BrN3O/c11-7-3-1-2-6(4-7)8-5-9(15)14-10(12)13-8/h1-5H,(H3,12,13,14,15). The summed E-state index contributed by atoms with van der Waals surface area (Å²) in [4.78, 5) is 17.6. The molecule has 0 atom stereocenters. The number of anilines is 1. The Morgan fingerprint density at radius 2 is 2.13 bits per heavy atom. The predicted octanol–water partition coefficient (Wildman–Crippen LogP) is 1.78. The van der Waals surface area contributed by atoms with Crippen LogP contribution in [-0.2, 0) is 0 Å². The van der Waals surface area contributed by atoms with Crippen LogP contribution in [0.5, 0.6) is 0 Å². The Kier molecular flexibility index (Phi) is 2.55. The fraction of sp³-hybridized carbons (Fsp3) is 0. The summed E-state index contributed by atoms with van der Waals surface area (Å²) in [5.41, 5.74) is 6.62. The predicted molar refractivity (Wildman–Crippen MR) is 62.4 cm³/mol. The van der Waals surface area contributed by atoms with Crippen molar-refractivity contribution in [3.63, 3.8) is 0 Å². The van der Waals surface area contributed by atoms with Crippen LogP contribution in [0, 0.1) is 0 Å². The summed E-state index contributed by atoms with van der Waals surface area (Å²) < 4.78 is 0.931. The molecule has 5 heteroatoms. The maximum absolute atomic E-state index is 11.2. The first-order valence-corrected chi connectivity index (χ1v) is 5.07. The lowest BCUT2D eigenvalue weighted by atomic mass is 10.1. The number of nitrogens with two attached hydrogens (primary N) is 1. The average Bonchev–Trinajstić information content (AvgIpc) is 2.16. The van der Waals surface area contributed by atoms with Crippen molar-refractivity contribution >= 4 is 21.9 Å². The van der Waals surface area contributed by atoms with E-state index in [0.29, 0.717) is 5.69 Å². The number of hydrogen-bond acceptors (Lipinski definition) is 3. The normalized spacial score (nSPS) is 10.2. The Balaban J connectivity index is 2.59. The Labute approximate surface area is 94.3 Å². The van der Waals surface area contributed by atoms with E-state index in [9.17, 15) is 4.79 Å². The van der Waals surface area contributed by atoms with Crippen molar-refractivity contribution in [3.05, 3.63) is 45.2 Å². The zero-order valence-electron chi connectivity index (χ0n) is 7.70. The molecule has 0 aliphatic heterocycles. The lowest BCUT2D eigenvalue weighted by Gasteiger charge is -2.01. The molecule has 0 fully saturated rings. The first-order valence-electron chi connectivity index (χ1n) is 4.28. The van der Waals surface area contributed by atoms with Crippen molar-refractivity contribution in [2.75, 3.05) is 5.73 Å². The van der Waals surface area contributed by atoms with Crippen LogP contribution >= 0.6 is 15.9 Å². The molecule has 3 N–H and O–H groups in total. The van der Waals surface area contributed by atoms with Gasteiger partial charge in [-0.3, -0.25) is 9.78 Å². The van der Waals surface area contributed by atoms with E-state index in [1.165, 1.54) is 6.07 Å². The number of aromatic amines is 1. The minimum Gasteiger partial charge on any atom is -0.369 e. The highest BCUT2D eigenvalue weighted by Gasteiger charge is 2.02. The second-order valence-electron chi connectivity index (χ2n) is 3.03. The fourth-order valence-corrected chi connectivity index (χ4v) is 1.67. The lowest BCUT2D eigenvalue weighted by molar-refractivity contribution is 1.14. The summed E-state index contributed by atoms with van der Waals surface area (Å²) in [5, 5.41) is 0. The number of H-pyrrole nitrogens is 1. The van der Waals surface area contributed by atoms with Crippen molar-refractivity contribution in [2.24, 2.45) is 0 Å². The molecule has 0 spiro atoms. The Morgan fingerprint density at radius 3 is 2.80 bits per heavy atom. The number of benzene rings is 1. The number of aromatic nitrogens is 2. The van der Waals surface area contributed by atoms with E-state index in [1.54, 1.807) is 0 Å². The van der Waals surface area contributed by atoms with Crippen LogP contribution in [0.2, 0.25) is 0 Å². The number of hydrogen-bond donors (Lipinski definition) is 2. The summed E-state index contributed by atoms with van der Waals surface area (Å²) >= 11 is 3.35. The SMILES string of the molecule is Nc1nc(-c2cccc(Br)c2)cc(=O)[nH]1. The van der Waals surface area contributed by atoms with Gasteiger partial charge in [0, 0.05) is 16.1 Å². The molecule has 0 bridgehead atoms. The second-order valence-corrected chi connectivity index (χ2v) is 3.94. The number of nitrogens with one attached hydrogen (secondary N) is 1. The molecule has 0 unspecified atom stereocenters. The van der Waals surface area contributed by atoms with Crippen LogP contribution in [0.25, 0.3) is 11.3 Å². The average molecular weight is 266 g/mol. The number of nitrogen functional groups attached to an aromatic ring is 1. The van der Waals surface area contributed by atoms with E-state index >= 15 is 0 Å². The van der Waals surface area contributed by atoms with Crippen LogP contribution in [0.15, 0.2) is 39.6 Å².